The third-order valence-electron chi connectivity index (χ3n) is 6.96. The first-order valence-electron chi connectivity index (χ1n) is 14.0. The number of para-hydroxylation sites is 1. The number of thioether (sulfide) groups is 1. The zero-order valence-electron chi connectivity index (χ0n) is 24.6. The van der Waals surface area contributed by atoms with Crippen molar-refractivity contribution in [1.29, 1.82) is 0 Å². The molecule has 2 heterocycles. The SMILES string of the molecule is CCc1cc(-c2ncn(-c3ccc(OC(F)(F)F)cc3)n2)ccc1NC(=O)/N=C1/C=C(c2cccc(C)c2NC)CC(=O)CS1. The zero-order chi connectivity index (χ0) is 32.1. The fourth-order valence-corrected chi connectivity index (χ4v) is 5.66. The minimum absolute atomic E-state index is 0.0489. The number of ketones is 1. The van der Waals surface area contributed by atoms with Gasteiger partial charge in [0.1, 0.15) is 22.9 Å². The van der Waals surface area contributed by atoms with Crippen molar-refractivity contribution in [1.82, 2.24) is 14.8 Å². The molecule has 2 N–H and O–H groups in total. The summed E-state index contributed by atoms with van der Waals surface area (Å²) in [5.74, 6) is 0.326. The van der Waals surface area contributed by atoms with Gasteiger partial charge < -0.3 is 15.4 Å². The number of aliphatic imine (C=N–C) groups is 1. The highest BCUT2D eigenvalue weighted by Crippen LogP contribution is 2.32. The van der Waals surface area contributed by atoms with E-state index in [2.05, 4.69) is 30.4 Å². The van der Waals surface area contributed by atoms with Crippen LogP contribution in [0.25, 0.3) is 22.6 Å². The molecule has 13 heteroatoms. The average Bonchev–Trinajstić information content (AvgIpc) is 3.42. The second-order valence-electron chi connectivity index (χ2n) is 10.1. The van der Waals surface area contributed by atoms with Gasteiger partial charge in [0.05, 0.1) is 11.4 Å². The molecule has 0 saturated heterocycles. The molecule has 2 amide bonds. The first-order chi connectivity index (χ1) is 21.5. The Labute approximate surface area is 261 Å². The molecule has 9 nitrogen and oxygen atoms in total. The molecular formula is C32H29F3N6O3S. The molecule has 0 atom stereocenters. The van der Waals surface area contributed by atoms with Crippen LogP contribution in [0.1, 0.15) is 30.0 Å². The highest BCUT2D eigenvalue weighted by molar-refractivity contribution is 8.14. The monoisotopic (exact) mass is 634 g/mol. The van der Waals surface area contributed by atoms with Gasteiger partial charge in [0.25, 0.3) is 0 Å². The lowest BCUT2D eigenvalue weighted by molar-refractivity contribution is -0.274. The number of alkyl halides is 3. The van der Waals surface area contributed by atoms with Gasteiger partial charge >= 0.3 is 12.4 Å². The van der Waals surface area contributed by atoms with E-state index in [0.717, 1.165) is 28.0 Å². The number of anilines is 2. The van der Waals surface area contributed by atoms with E-state index < -0.39 is 12.4 Å². The van der Waals surface area contributed by atoms with Gasteiger partial charge in [-0.15, -0.1) is 18.3 Å². The maximum Gasteiger partial charge on any atom is 0.573 e. The summed E-state index contributed by atoms with van der Waals surface area (Å²) in [6.07, 6.45) is -0.679. The largest absolute Gasteiger partial charge is 0.573 e. The second-order valence-corrected chi connectivity index (χ2v) is 11.1. The van der Waals surface area contributed by atoms with Gasteiger partial charge in [-0.2, -0.15) is 4.99 Å². The third-order valence-corrected chi connectivity index (χ3v) is 7.93. The number of nitrogens with one attached hydrogen (secondary N) is 2. The molecular weight excluding hydrogens is 605 g/mol. The molecule has 232 valence electrons. The highest BCUT2D eigenvalue weighted by atomic mass is 32.2. The summed E-state index contributed by atoms with van der Waals surface area (Å²) in [5, 5.41) is 11.0. The van der Waals surface area contributed by atoms with Crippen LogP contribution in [0.3, 0.4) is 0 Å². The lowest BCUT2D eigenvalue weighted by atomic mass is 9.96. The van der Waals surface area contributed by atoms with E-state index in [0.29, 0.717) is 34.2 Å². The van der Waals surface area contributed by atoms with Gasteiger partial charge in [-0.3, -0.25) is 4.79 Å². The number of rotatable bonds is 7. The summed E-state index contributed by atoms with van der Waals surface area (Å²) in [7, 11) is 1.83. The summed E-state index contributed by atoms with van der Waals surface area (Å²) < 4.78 is 42.7. The smallest absolute Gasteiger partial charge is 0.406 e. The van der Waals surface area contributed by atoms with Crippen molar-refractivity contribution in [3.05, 3.63) is 89.8 Å². The van der Waals surface area contributed by atoms with Crippen LogP contribution in [0.4, 0.5) is 29.3 Å². The van der Waals surface area contributed by atoms with E-state index in [-0.39, 0.29) is 23.7 Å². The lowest BCUT2D eigenvalue weighted by Crippen LogP contribution is -2.17. The van der Waals surface area contributed by atoms with Crippen molar-refractivity contribution in [3.63, 3.8) is 0 Å². The summed E-state index contributed by atoms with van der Waals surface area (Å²) >= 11 is 1.23. The molecule has 0 radical (unpaired) electrons. The Balaban J connectivity index is 1.33. The molecule has 0 spiro atoms. The maximum atomic E-state index is 13.0. The average molecular weight is 635 g/mol. The van der Waals surface area contributed by atoms with Crippen molar-refractivity contribution in [3.8, 4) is 22.8 Å². The van der Waals surface area contributed by atoms with E-state index in [9.17, 15) is 22.8 Å². The van der Waals surface area contributed by atoms with Crippen LogP contribution < -0.4 is 15.4 Å². The molecule has 5 rings (SSSR count). The minimum atomic E-state index is -4.77. The number of halogens is 3. The van der Waals surface area contributed by atoms with Crippen molar-refractivity contribution in [2.45, 2.75) is 33.1 Å². The number of carbonyl (C=O) groups excluding carboxylic acids is 2. The number of hydrogen-bond donors (Lipinski definition) is 2. The molecule has 3 aromatic carbocycles. The molecule has 1 aromatic heterocycles. The molecule has 0 unspecified atom stereocenters. The Bertz CT molecular complexity index is 1800. The summed E-state index contributed by atoms with van der Waals surface area (Å²) in [4.78, 5) is 34.2. The Kier molecular flexibility index (Phi) is 9.37. The quantitative estimate of drug-likeness (QED) is 0.217. The Morgan fingerprint density at radius 1 is 1.13 bits per heavy atom. The van der Waals surface area contributed by atoms with Crippen molar-refractivity contribution >= 4 is 45.6 Å². The number of amides is 2. The van der Waals surface area contributed by atoms with Crippen molar-refractivity contribution in [2.24, 2.45) is 4.99 Å². The molecule has 1 aliphatic rings. The number of hydrogen-bond acceptors (Lipinski definition) is 7. The van der Waals surface area contributed by atoms with Crippen LogP contribution in [-0.2, 0) is 11.2 Å². The molecule has 0 saturated carbocycles. The van der Waals surface area contributed by atoms with Gasteiger partial charge in [-0.1, -0.05) is 36.9 Å². The number of aryl methyl sites for hydroxylation is 2. The maximum absolute atomic E-state index is 13.0. The number of Topliss-reactive ketones (excluding diaryl/α,β-unsaturated/α-hetero) is 1. The Hall–Kier alpha value is -4.91. The van der Waals surface area contributed by atoms with Crippen molar-refractivity contribution in [2.75, 3.05) is 23.4 Å². The van der Waals surface area contributed by atoms with Crippen LogP contribution in [-0.4, -0.2) is 50.8 Å². The second kappa shape index (κ2) is 13.4. The Morgan fingerprint density at radius 2 is 1.91 bits per heavy atom. The summed E-state index contributed by atoms with van der Waals surface area (Å²) in [5.41, 5.74) is 6.25. The van der Waals surface area contributed by atoms with E-state index in [1.54, 1.807) is 18.2 Å². The number of benzene rings is 3. The van der Waals surface area contributed by atoms with Crippen LogP contribution >= 0.6 is 11.8 Å². The topological polar surface area (TPSA) is 110 Å². The first kappa shape index (κ1) is 31.5. The minimum Gasteiger partial charge on any atom is -0.406 e. The molecule has 0 bridgehead atoms. The molecule has 45 heavy (non-hydrogen) atoms. The third kappa shape index (κ3) is 7.79. The molecule has 0 fully saturated rings. The van der Waals surface area contributed by atoms with Crippen LogP contribution in [0, 0.1) is 6.92 Å². The van der Waals surface area contributed by atoms with E-state index in [1.165, 1.54) is 47.0 Å². The van der Waals surface area contributed by atoms with Gasteiger partial charge in [0.15, 0.2) is 5.82 Å². The summed E-state index contributed by atoms with van der Waals surface area (Å²) in [6.45, 7) is 3.93. The van der Waals surface area contributed by atoms with E-state index in [4.69, 9.17) is 0 Å². The Morgan fingerprint density at radius 3 is 2.62 bits per heavy atom. The molecule has 1 aliphatic heterocycles. The predicted octanol–water partition coefficient (Wildman–Crippen LogP) is 7.47. The fourth-order valence-electron chi connectivity index (χ4n) is 4.88. The van der Waals surface area contributed by atoms with Gasteiger partial charge in [0, 0.05) is 36.0 Å². The number of carbonyl (C=O) groups is 2. The lowest BCUT2D eigenvalue weighted by Gasteiger charge is -2.14. The molecule has 0 aliphatic carbocycles. The number of allylic oxidation sites excluding steroid dienone is 1. The summed E-state index contributed by atoms with van der Waals surface area (Å²) in [6, 6.07) is 15.9. The van der Waals surface area contributed by atoms with Gasteiger partial charge in [0.2, 0.25) is 0 Å². The number of nitrogens with zero attached hydrogens (tertiary/aromatic N) is 4. The fraction of sp³-hybridized carbons (Fsp3) is 0.219. The van der Waals surface area contributed by atoms with Crippen LogP contribution in [0.5, 0.6) is 5.75 Å². The first-order valence-corrected chi connectivity index (χ1v) is 14.9. The van der Waals surface area contributed by atoms with Gasteiger partial charge in [-0.25, -0.2) is 14.5 Å². The number of aromatic nitrogens is 3. The highest BCUT2D eigenvalue weighted by Gasteiger charge is 2.31. The predicted molar refractivity (Wildman–Crippen MR) is 170 cm³/mol. The van der Waals surface area contributed by atoms with Crippen LogP contribution in [0.15, 0.2) is 78.1 Å². The normalized spacial score (nSPS) is 14.6. The van der Waals surface area contributed by atoms with Crippen molar-refractivity contribution < 1.29 is 27.5 Å². The number of ether oxygens (including phenoxy) is 1. The number of urea groups is 1. The van der Waals surface area contributed by atoms with E-state index >= 15 is 0 Å². The molecule has 4 aromatic rings. The standard InChI is InChI=1S/C32H29F3N6O3S/c1-4-20-14-21(30-37-18-41(40-30)23-9-11-25(12-10-23)44-32(33,34)35)8-13-27(20)38-31(43)39-28-16-22(15-24(42)17-45-28)26-7-5-6-19(2)29(26)36-3/h5-14,16,18,36H,4,15,17H2,1-3H3,(H,38,43)/b39-28-. The zero-order valence-corrected chi connectivity index (χ0v) is 25.4. The van der Waals surface area contributed by atoms with Crippen LogP contribution in [0.2, 0.25) is 0 Å². The van der Waals surface area contributed by atoms with Gasteiger partial charge in [-0.05, 0) is 78.6 Å². The van der Waals surface area contributed by atoms with E-state index in [1.807, 2.05) is 45.2 Å².